The average molecular weight is 441 g/mol. The van der Waals surface area contributed by atoms with E-state index in [-0.39, 0.29) is 6.04 Å². The highest BCUT2D eigenvalue weighted by atomic mass is 32.2. The molecule has 0 amide bonds. The van der Waals surface area contributed by atoms with E-state index in [1.165, 1.54) is 0 Å². The van der Waals surface area contributed by atoms with E-state index in [4.69, 9.17) is 9.47 Å². The first-order valence-corrected chi connectivity index (χ1v) is 11.5. The van der Waals surface area contributed by atoms with Gasteiger partial charge in [0.1, 0.15) is 11.5 Å². The number of aromatic nitrogens is 3. The summed E-state index contributed by atoms with van der Waals surface area (Å²) in [6.07, 6.45) is 0.946. The molecule has 166 valence electrons. The molecule has 1 unspecified atom stereocenters. The highest BCUT2D eigenvalue weighted by molar-refractivity contribution is 7.99. The van der Waals surface area contributed by atoms with E-state index in [0.29, 0.717) is 6.61 Å². The molecule has 1 aromatic heterocycles. The molecule has 0 aliphatic heterocycles. The van der Waals surface area contributed by atoms with Gasteiger partial charge in [-0.15, -0.1) is 10.2 Å². The number of hydrogen-bond donors (Lipinski definition) is 0. The smallest absolute Gasteiger partial charge is 0.196 e. The SMILES string of the molecule is CCC(c1nnc(SCCOc2c(C)cccc2C)n1-c1ccc(OC)cc1)N(C)C. The van der Waals surface area contributed by atoms with E-state index in [9.17, 15) is 0 Å². The van der Waals surface area contributed by atoms with E-state index in [2.05, 4.69) is 72.7 Å². The van der Waals surface area contributed by atoms with Crippen LogP contribution in [0.5, 0.6) is 11.5 Å². The molecule has 0 aliphatic carbocycles. The minimum absolute atomic E-state index is 0.176. The van der Waals surface area contributed by atoms with Crippen LogP contribution in [0.1, 0.15) is 36.3 Å². The summed E-state index contributed by atoms with van der Waals surface area (Å²) < 4.78 is 13.5. The first-order chi connectivity index (χ1) is 15.0. The molecule has 3 rings (SSSR count). The molecule has 6 nitrogen and oxygen atoms in total. The van der Waals surface area contributed by atoms with Gasteiger partial charge in [0.2, 0.25) is 0 Å². The van der Waals surface area contributed by atoms with Crippen LogP contribution >= 0.6 is 11.8 Å². The molecule has 7 heteroatoms. The van der Waals surface area contributed by atoms with E-state index in [1.807, 2.05) is 24.3 Å². The lowest BCUT2D eigenvalue weighted by Gasteiger charge is -2.23. The van der Waals surface area contributed by atoms with Gasteiger partial charge >= 0.3 is 0 Å². The van der Waals surface area contributed by atoms with Crippen LogP contribution in [0.15, 0.2) is 47.6 Å². The second-order valence-electron chi connectivity index (χ2n) is 7.68. The highest BCUT2D eigenvalue weighted by Crippen LogP contribution is 2.30. The van der Waals surface area contributed by atoms with Crippen molar-refractivity contribution in [1.29, 1.82) is 0 Å². The maximum absolute atomic E-state index is 6.08. The molecular weight excluding hydrogens is 408 g/mol. The van der Waals surface area contributed by atoms with Crippen LogP contribution in [0, 0.1) is 13.8 Å². The summed E-state index contributed by atoms with van der Waals surface area (Å²) in [5.41, 5.74) is 3.34. The summed E-state index contributed by atoms with van der Waals surface area (Å²) >= 11 is 1.66. The summed E-state index contributed by atoms with van der Waals surface area (Å²) in [4.78, 5) is 2.18. The Morgan fingerprint density at radius 2 is 1.71 bits per heavy atom. The topological polar surface area (TPSA) is 52.4 Å². The van der Waals surface area contributed by atoms with Gasteiger partial charge in [-0.1, -0.05) is 36.9 Å². The van der Waals surface area contributed by atoms with E-state index >= 15 is 0 Å². The molecule has 0 bridgehead atoms. The van der Waals surface area contributed by atoms with Crippen LogP contribution < -0.4 is 9.47 Å². The zero-order valence-corrected chi connectivity index (χ0v) is 20.1. The third kappa shape index (κ3) is 5.40. The number of methoxy groups -OCH3 is 1. The first kappa shape index (κ1) is 23.2. The minimum Gasteiger partial charge on any atom is -0.497 e. The number of benzene rings is 2. The number of aryl methyl sites for hydroxylation is 2. The average Bonchev–Trinajstić information content (AvgIpc) is 3.16. The van der Waals surface area contributed by atoms with Crippen molar-refractivity contribution in [2.75, 3.05) is 33.6 Å². The molecule has 0 fully saturated rings. The van der Waals surface area contributed by atoms with Gasteiger partial charge in [0, 0.05) is 11.4 Å². The van der Waals surface area contributed by atoms with Crippen molar-refractivity contribution in [3.63, 3.8) is 0 Å². The molecular formula is C24H32N4O2S. The van der Waals surface area contributed by atoms with E-state index < -0.39 is 0 Å². The van der Waals surface area contributed by atoms with Crippen LogP contribution in [0.25, 0.3) is 5.69 Å². The van der Waals surface area contributed by atoms with Gasteiger partial charge in [-0.05, 0) is 69.8 Å². The fraction of sp³-hybridized carbons (Fsp3) is 0.417. The summed E-state index contributed by atoms with van der Waals surface area (Å²) in [6, 6.07) is 14.4. The molecule has 0 aliphatic rings. The number of nitrogens with zero attached hydrogens (tertiary/aromatic N) is 4. The Kier molecular flexibility index (Phi) is 7.98. The Hall–Kier alpha value is -2.51. The van der Waals surface area contributed by atoms with Gasteiger partial charge < -0.3 is 9.47 Å². The van der Waals surface area contributed by atoms with Crippen LogP contribution in [-0.2, 0) is 0 Å². The zero-order valence-electron chi connectivity index (χ0n) is 19.3. The number of hydrogen-bond acceptors (Lipinski definition) is 6. The minimum atomic E-state index is 0.176. The Labute approximate surface area is 189 Å². The Morgan fingerprint density at radius 1 is 1.03 bits per heavy atom. The second kappa shape index (κ2) is 10.7. The van der Waals surface area contributed by atoms with Gasteiger partial charge in [-0.25, -0.2) is 0 Å². The molecule has 1 atom stereocenters. The fourth-order valence-electron chi connectivity index (χ4n) is 3.65. The van der Waals surface area contributed by atoms with E-state index in [1.54, 1.807) is 18.9 Å². The molecule has 1 heterocycles. The molecule has 3 aromatic rings. The molecule has 0 saturated carbocycles. The lowest BCUT2D eigenvalue weighted by atomic mass is 10.1. The molecule has 0 spiro atoms. The fourth-order valence-corrected chi connectivity index (χ4v) is 4.42. The van der Waals surface area contributed by atoms with Gasteiger partial charge in [0.05, 0.1) is 19.8 Å². The molecule has 2 aromatic carbocycles. The van der Waals surface area contributed by atoms with Crippen LogP contribution in [0.3, 0.4) is 0 Å². The third-order valence-corrected chi connectivity index (χ3v) is 6.16. The molecule has 31 heavy (non-hydrogen) atoms. The number of thioether (sulfide) groups is 1. The maximum Gasteiger partial charge on any atom is 0.196 e. The third-order valence-electron chi connectivity index (χ3n) is 5.27. The normalized spacial score (nSPS) is 12.2. The Balaban J connectivity index is 1.81. The predicted octanol–water partition coefficient (Wildman–Crippen LogP) is 5.08. The number of rotatable bonds is 10. The predicted molar refractivity (Wildman–Crippen MR) is 127 cm³/mol. The van der Waals surface area contributed by atoms with Crippen molar-refractivity contribution in [1.82, 2.24) is 19.7 Å². The van der Waals surface area contributed by atoms with E-state index in [0.717, 1.165) is 51.5 Å². The van der Waals surface area contributed by atoms with Crippen molar-refractivity contribution in [2.24, 2.45) is 0 Å². The summed E-state index contributed by atoms with van der Waals surface area (Å²) in [6.45, 7) is 6.93. The number of ether oxygens (including phenoxy) is 2. The Bertz CT molecular complexity index is 965. The lowest BCUT2D eigenvalue weighted by Crippen LogP contribution is -2.22. The maximum atomic E-state index is 6.08. The standard InChI is InChI=1S/C24H32N4O2S/c1-7-21(27(4)5)23-25-26-24(28(23)19-11-13-20(29-6)14-12-19)31-16-15-30-22-17(2)9-8-10-18(22)3/h8-14,21H,7,15-16H2,1-6H3. The van der Waals surface area contributed by atoms with Crippen LogP contribution in [0.2, 0.25) is 0 Å². The quantitative estimate of drug-likeness (QED) is 0.324. The van der Waals surface area contributed by atoms with Crippen molar-refractivity contribution in [3.05, 3.63) is 59.4 Å². The largest absolute Gasteiger partial charge is 0.497 e. The molecule has 0 radical (unpaired) electrons. The lowest BCUT2D eigenvalue weighted by molar-refractivity contribution is 0.276. The summed E-state index contributed by atoms with van der Waals surface area (Å²) in [5.74, 6) is 3.52. The number of para-hydroxylation sites is 1. The highest BCUT2D eigenvalue weighted by Gasteiger charge is 2.23. The Morgan fingerprint density at radius 3 is 2.29 bits per heavy atom. The molecule has 0 saturated heterocycles. The van der Waals surface area contributed by atoms with Gasteiger partial charge in [-0.2, -0.15) is 0 Å². The van der Waals surface area contributed by atoms with Crippen molar-refractivity contribution >= 4 is 11.8 Å². The van der Waals surface area contributed by atoms with Crippen molar-refractivity contribution < 1.29 is 9.47 Å². The zero-order chi connectivity index (χ0) is 22.4. The van der Waals surface area contributed by atoms with Gasteiger partial charge in [0.15, 0.2) is 11.0 Å². The first-order valence-electron chi connectivity index (χ1n) is 10.5. The van der Waals surface area contributed by atoms with Crippen LogP contribution in [-0.4, -0.2) is 53.2 Å². The monoisotopic (exact) mass is 440 g/mol. The summed E-state index contributed by atoms with van der Waals surface area (Å²) in [7, 11) is 5.83. The van der Waals surface area contributed by atoms with Crippen molar-refractivity contribution in [2.45, 2.75) is 38.4 Å². The van der Waals surface area contributed by atoms with Gasteiger partial charge in [-0.3, -0.25) is 9.47 Å². The molecule has 0 N–H and O–H groups in total. The van der Waals surface area contributed by atoms with Gasteiger partial charge in [0.25, 0.3) is 0 Å². The van der Waals surface area contributed by atoms with Crippen molar-refractivity contribution in [3.8, 4) is 17.2 Å². The van der Waals surface area contributed by atoms with Crippen LogP contribution in [0.4, 0.5) is 0 Å². The second-order valence-corrected chi connectivity index (χ2v) is 8.74. The summed E-state index contributed by atoms with van der Waals surface area (Å²) in [5, 5.41) is 9.97.